The van der Waals surface area contributed by atoms with Gasteiger partial charge in [0.25, 0.3) is 0 Å². The Morgan fingerprint density at radius 1 is 1.04 bits per heavy atom. The van der Waals surface area contributed by atoms with E-state index in [0.29, 0.717) is 17.9 Å². The van der Waals surface area contributed by atoms with Crippen molar-refractivity contribution in [3.8, 4) is 0 Å². The maximum Gasteiger partial charge on any atom is 0.228 e. The Labute approximate surface area is 147 Å². The van der Waals surface area contributed by atoms with Crippen molar-refractivity contribution in [1.82, 2.24) is 15.5 Å². The number of nitrogens with zero attached hydrogens (tertiary/aromatic N) is 1. The lowest BCUT2D eigenvalue weighted by molar-refractivity contribution is -0.135. The monoisotopic (exact) mass is 333 g/mol. The molecule has 1 amide bonds. The van der Waals surface area contributed by atoms with Gasteiger partial charge in [-0.25, -0.2) is 0 Å². The number of hydrogen-bond donors (Lipinski definition) is 2. The fraction of sp³-hybridized carbons (Fsp3) is 0.950. The van der Waals surface area contributed by atoms with Gasteiger partial charge in [-0.3, -0.25) is 4.79 Å². The van der Waals surface area contributed by atoms with E-state index in [2.05, 4.69) is 15.5 Å². The topological polar surface area (TPSA) is 44.4 Å². The fourth-order valence-electron chi connectivity index (χ4n) is 5.84. The molecule has 2 saturated carbocycles. The van der Waals surface area contributed by atoms with Crippen LogP contribution in [0.5, 0.6) is 0 Å². The van der Waals surface area contributed by atoms with Crippen molar-refractivity contribution < 1.29 is 4.79 Å². The third-order valence-corrected chi connectivity index (χ3v) is 7.40. The number of likely N-dealkylation sites (tertiary alicyclic amines) is 1. The van der Waals surface area contributed by atoms with Crippen molar-refractivity contribution in [3.05, 3.63) is 0 Å². The summed E-state index contributed by atoms with van der Waals surface area (Å²) in [5.74, 6) is 1.89. The molecule has 2 saturated heterocycles. The summed E-state index contributed by atoms with van der Waals surface area (Å²) in [6.45, 7) is 5.61. The molecule has 4 heteroatoms. The number of amides is 1. The van der Waals surface area contributed by atoms with E-state index >= 15 is 0 Å². The molecule has 4 aliphatic rings. The molecule has 0 radical (unpaired) electrons. The molecule has 4 fully saturated rings. The van der Waals surface area contributed by atoms with E-state index in [1.165, 1.54) is 64.6 Å². The number of nitrogens with one attached hydrogen (secondary N) is 2. The van der Waals surface area contributed by atoms with E-state index in [0.717, 1.165) is 38.3 Å². The van der Waals surface area contributed by atoms with Gasteiger partial charge in [-0.2, -0.15) is 0 Å². The highest BCUT2D eigenvalue weighted by atomic mass is 16.2. The van der Waals surface area contributed by atoms with Gasteiger partial charge in [0.15, 0.2) is 0 Å². The Morgan fingerprint density at radius 3 is 2.58 bits per heavy atom. The van der Waals surface area contributed by atoms with Gasteiger partial charge >= 0.3 is 0 Å². The number of carbonyl (C=O) groups is 1. The first-order valence-electron chi connectivity index (χ1n) is 10.5. The number of hydrogen-bond acceptors (Lipinski definition) is 3. The minimum Gasteiger partial charge on any atom is -0.353 e. The number of rotatable bonds is 4. The lowest BCUT2D eigenvalue weighted by Gasteiger charge is -2.40. The highest BCUT2D eigenvalue weighted by Gasteiger charge is 2.50. The van der Waals surface area contributed by atoms with E-state index in [4.69, 9.17) is 0 Å². The second-order valence-electron chi connectivity index (χ2n) is 8.93. The van der Waals surface area contributed by atoms with Crippen LogP contribution < -0.4 is 10.6 Å². The van der Waals surface area contributed by atoms with Crippen LogP contribution >= 0.6 is 0 Å². The van der Waals surface area contributed by atoms with Crippen molar-refractivity contribution in [3.63, 3.8) is 0 Å². The van der Waals surface area contributed by atoms with E-state index in [-0.39, 0.29) is 5.41 Å². The molecule has 2 N–H and O–H groups in total. The smallest absolute Gasteiger partial charge is 0.228 e. The molecule has 0 aromatic rings. The molecule has 0 aromatic carbocycles. The zero-order valence-corrected chi connectivity index (χ0v) is 15.2. The van der Waals surface area contributed by atoms with Crippen LogP contribution in [0.4, 0.5) is 0 Å². The van der Waals surface area contributed by atoms with Crippen LogP contribution in [0.2, 0.25) is 0 Å². The largest absolute Gasteiger partial charge is 0.353 e. The van der Waals surface area contributed by atoms with Gasteiger partial charge in [-0.15, -0.1) is 0 Å². The molecule has 2 aliphatic carbocycles. The third-order valence-electron chi connectivity index (χ3n) is 7.40. The first-order chi connectivity index (χ1) is 11.8. The first-order valence-corrected chi connectivity index (χ1v) is 10.5. The van der Waals surface area contributed by atoms with Gasteiger partial charge in [0, 0.05) is 32.2 Å². The Morgan fingerprint density at radius 2 is 1.79 bits per heavy atom. The van der Waals surface area contributed by atoms with Gasteiger partial charge < -0.3 is 15.5 Å². The molecular weight excluding hydrogens is 298 g/mol. The molecular formula is C20H35N3O. The Balaban J connectivity index is 1.26. The Bertz CT molecular complexity index is 440. The van der Waals surface area contributed by atoms with Gasteiger partial charge in [0.05, 0.1) is 5.41 Å². The summed E-state index contributed by atoms with van der Waals surface area (Å²) in [5.41, 5.74) is -0.0841. The molecule has 0 unspecified atom stereocenters. The lowest BCUT2D eigenvalue weighted by atomic mass is 9.67. The van der Waals surface area contributed by atoms with Crippen LogP contribution in [0.25, 0.3) is 0 Å². The van der Waals surface area contributed by atoms with Gasteiger partial charge in [-0.05, 0) is 56.9 Å². The summed E-state index contributed by atoms with van der Waals surface area (Å²) in [4.78, 5) is 15.7. The van der Waals surface area contributed by atoms with Crippen molar-refractivity contribution in [2.45, 2.75) is 70.3 Å². The molecule has 4 rings (SSSR count). The van der Waals surface area contributed by atoms with Crippen LogP contribution in [0.15, 0.2) is 0 Å². The third kappa shape index (κ3) is 3.37. The molecule has 0 bridgehead atoms. The van der Waals surface area contributed by atoms with Crippen molar-refractivity contribution in [1.29, 1.82) is 0 Å². The minimum absolute atomic E-state index is 0.0841. The average molecular weight is 334 g/mol. The second-order valence-corrected chi connectivity index (χ2v) is 8.93. The van der Waals surface area contributed by atoms with Crippen molar-refractivity contribution >= 4 is 5.91 Å². The zero-order valence-electron chi connectivity index (χ0n) is 15.2. The summed E-state index contributed by atoms with van der Waals surface area (Å²) >= 11 is 0. The standard InChI is InChI=1S/C20H35N3O/c24-19(20-10-4-3-7-17(20)13-21-15-20)22-18-8-11-23(12-9-18)14-16-5-1-2-6-16/h16-18,21H,1-15H2,(H,22,24)/t17-,20+/m0/s1. The lowest BCUT2D eigenvalue weighted by Crippen LogP contribution is -2.53. The van der Waals surface area contributed by atoms with Gasteiger partial charge in [0.1, 0.15) is 0 Å². The quantitative estimate of drug-likeness (QED) is 0.831. The molecule has 0 aromatic heterocycles. The predicted molar refractivity (Wildman–Crippen MR) is 96.8 cm³/mol. The predicted octanol–water partition coefficient (Wildman–Crippen LogP) is 2.54. The first kappa shape index (κ1) is 16.8. The summed E-state index contributed by atoms with van der Waals surface area (Å²) in [5, 5.41) is 6.96. The average Bonchev–Trinajstić information content (AvgIpc) is 3.26. The van der Waals surface area contributed by atoms with Crippen LogP contribution in [-0.2, 0) is 4.79 Å². The maximum absolute atomic E-state index is 13.1. The number of fused-ring (bicyclic) bond motifs is 1. The number of carbonyl (C=O) groups excluding carboxylic acids is 1. The molecule has 24 heavy (non-hydrogen) atoms. The van der Waals surface area contributed by atoms with Gasteiger partial charge in [-0.1, -0.05) is 25.7 Å². The van der Waals surface area contributed by atoms with Crippen molar-refractivity contribution in [2.24, 2.45) is 17.3 Å². The van der Waals surface area contributed by atoms with E-state index in [1.54, 1.807) is 0 Å². The summed E-state index contributed by atoms with van der Waals surface area (Å²) in [6, 6.07) is 0.412. The highest BCUT2D eigenvalue weighted by Crippen LogP contribution is 2.44. The van der Waals surface area contributed by atoms with Crippen LogP contribution in [0, 0.1) is 17.3 Å². The molecule has 4 nitrogen and oxygen atoms in total. The molecule has 0 spiro atoms. The summed E-state index contributed by atoms with van der Waals surface area (Å²) in [7, 11) is 0. The van der Waals surface area contributed by atoms with Crippen LogP contribution in [-0.4, -0.2) is 49.6 Å². The molecule has 2 heterocycles. The summed E-state index contributed by atoms with van der Waals surface area (Å²) in [6.07, 6.45) is 12.9. The Hall–Kier alpha value is -0.610. The maximum atomic E-state index is 13.1. The molecule has 136 valence electrons. The van der Waals surface area contributed by atoms with Crippen LogP contribution in [0.1, 0.15) is 64.2 Å². The molecule has 2 atom stereocenters. The molecule has 2 aliphatic heterocycles. The zero-order chi connectivity index (χ0) is 16.4. The van der Waals surface area contributed by atoms with E-state index < -0.39 is 0 Å². The SMILES string of the molecule is O=C(NC1CCN(CC2CCCC2)CC1)[C@@]12CCCC[C@H]1CNC2. The normalized spacial score (nSPS) is 35.9. The summed E-state index contributed by atoms with van der Waals surface area (Å²) < 4.78 is 0. The Kier molecular flexibility index (Phi) is 5.14. The van der Waals surface area contributed by atoms with Gasteiger partial charge in [0.2, 0.25) is 5.91 Å². The number of piperidine rings is 1. The van der Waals surface area contributed by atoms with E-state index in [1.807, 2.05) is 0 Å². The second kappa shape index (κ2) is 7.33. The highest BCUT2D eigenvalue weighted by molar-refractivity contribution is 5.84. The van der Waals surface area contributed by atoms with Crippen molar-refractivity contribution in [2.75, 3.05) is 32.7 Å². The fourth-order valence-corrected chi connectivity index (χ4v) is 5.84. The van der Waals surface area contributed by atoms with Crippen LogP contribution in [0.3, 0.4) is 0 Å². The minimum atomic E-state index is -0.0841. The van der Waals surface area contributed by atoms with E-state index in [9.17, 15) is 4.79 Å².